The molecule has 0 atom stereocenters. The first-order valence-corrected chi connectivity index (χ1v) is 6.47. The molecule has 1 saturated heterocycles. The van der Waals surface area contributed by atoms with Crippen molar-refractivity contribution in [3.8, 4) is 0 Å². The van der Waals surface area contributed by atoms with E-state index in [4.69, 9.17) is 0 Å². The number of benzene rings is 1. The lowest BCUT2D eigenvalue weighted by molar-refractivity contribution is -0.925. The average Bonchev–Trinajstić information content (AvgIpc) is 2.39. The van der Waals surface area contributed by atoms with Crippen molar-refractivity contribution >= 4 is 5.91 Å². The Balaban J connectivity index is 1.97. The van der Waals surface area contributed by atoms with Crippen molar-refractivity contribution in [3.05, 3.63) is 35.6 Å². The van der Waals surface area contributed by atoms with Gasteiger partial charge in [-0.2, -0.15) is 0 Å². The van der Waals surface area contributed by atoms with Crippen LogP contribution in [0.4, 0.5) is 4.39 Å². The zero-order valence-electron chi connectivity index (χ0n) is 10.9. The smallest absolute Gasteiger partial charge is 0.254 e. The number of halogens is 1. The maximum atomic E-state index is 12.8. The van der Waals surface area contributed by atoms with Crippen LogP contribution in [0.5, 0.6) is 0 Å². The highest BCUT2D eigenvalue weighted by Gasteiger charge is 2.25. The van der Waals surface area contributed by atoms with Crippen LogP contribution in [0.3, 0.4) is 0 Å². The average molecular weight is 251 g/mol. The van der Waals surface area contributed by atoms with E-state index >= 15 is 0 Å². The summed E-state index contributed by atoms with van der Waals surface area (Å²) in [7, 11) is 0. The lowest BCUT2D eigenvalue weighted by atomic mass is 10.1. The molecule has 1 aliphatic heterocycles. The molecule has 1 amide bonds. The lowest BCUT2D eigenvalue weighted by Gasteiger charge is -2.34. The largest absolute Gasteiger partial charge is 0.330 e. The van der Waals surface area contributed by atoms with E-state index in [1.165, 1.54) is 17.0 Å². The Kier molecular flexibility index (Phi) is 3.97. The minimum atomic E-state index is -0.305. The van der Waals surface area contributed by atoms with Gasteiger partial charge in [-0.1, -0.05) is 0 Å². The first-order chi connectivity index (χ1) is 8.58. The topological polar surface area (TPSA) is 24.8 Å². The van der Waals surface area contributed by atoms with Crippen molar-refractivity contribution in [1.29, 1.82) is 0 Å². The Morgan fingerprint density at radius 2 is 1.78 bits per heavy atom. The van der Waals surface area contributed by atoms with Gasteiger partial charge in [-0.05, 0) is 38.1 Å². The first-order valence-electron chi connectivity index (χ1n) is 6.47. The van der Waals surface area contributed by atoms with Gasteiger partial charge in [0.15, 0.2) is 0 Å². The molecule has 0 aliphatic carbocycles. The van der Waals surface area contributed by atoms with E-state index in [-0.39, 0.29) is 11.7 Å². The molecule has 0 unspecified atom stereocenters. The van der Waals surface area contributed by atoms with Crippen LogP contribution in [0.25, 0.3) is 0 Å². The minimum absolute atomic E-state index is 0.0119. The van der Waals surface area contributed by atoms with Gasteiger partial charge < -0.3 is 9.80 Å². The second kappa shape index (κ2) is 5.48. The zero-order valence-corrected chi connectivity index (χ0v) is 10.9. The second-order valence-corrected chi connectivity index (χ2v) is 5.11. The number of nitrogens with one attached hydrogen (secondary N) is 1. The van der Waals surface area contributed by atoms with Crippen LogP contribution < -0.4 is 4.90 Å². The number of quaternary nitrogens is 1. The molecule has 98 valence electrons. The number of piperazine rings is 1. The molecule has 0 aromatic heterocycles. The summed E-state index contributed by atoms with van der Waals surface area (Å²) in [6, 6.07) is 6.39. The number of amides is 1. The molecular formula is C14H20FN2O+. The lowest BCUT2D eigenvalue weighted by Crippen LogP contribution is -3.17. The summed E-state index contributed by atoms with van der Waals surface area (Å²) < 4.78 is 12.8. The summed E-state index contributed by atoms with van der Waals surface area (Å²) in [6.45, 7) is 7.95. The molecule has 1 fully saturated rings. The quantitative estimate of drug-likeness (QED) is 0.817. The summed E-state index contributed by atoms with van der Waals surface area (Å²) >= 11 is 0. The zero-order chi connectivity index (χ0) is 13.1. The third-order valence-electron chi connectivity index (χ3n) is 3.60. The molecule has 1 heterocycles. The van der Waals surface area contributed by atoms with Gasteiger partial charge in [-0.3, -0.25) is 4.79 Å². The second-order valence-electron chi connectivity index (χ2n) is 5.11. The van der Waals surface area contributed by atoms with Crippen molar-refractivity contribution in [3.63, 3.8) is 0 Å². The van der Waals surface area contributed by atoms with E-state index in [0.717, 1.165) is 26.2 Å². The van der Waals surface area contributed by atoms with Gasteiger partial charge in [0.1, 0.15) is 5.82 Å². The molecule has 1 aromatic rings. The third-order valence-corrected chi connectivity index (χ3v) is 3.60. The van der Waals surface area contributed by atoms with Crippen LogP contribution >= 0.6 is 0 Å². The molecule has 1 N–H and O–H groups in total. The fraction of sp³-hybridized carbons (Fsp3) is 0.500. The highest BCUT2D eigenvalue weighted by Crippen LogP contribution is 2.07. The molecule has 0 radical (unpaired) electrons. The molecule has 18 heavy (non-hydrogen) atoms. The van der Waals surface area contributed by atoms with E-state index in [9.17, 15) is 9.18 Å². The number of carbonyl (C=O) groups is 1. The van der Waals surface area contributed by atoms with Crippen molar-refractivity contribution in [2.45, 2.75) is 19.9 Å². The number of hydrogen-bond donors (Lipinski definition) is 1. The van der Waals surface area contributed by atoms with Crippen molar-refractivity contribution < 1.29 is 14.1 Å². The highest BCUT2D eigenvalue weighted by atomic mass is 19.1. The van der Waals surface area contributed by atoms with Gasteiger partial charge in [-0.25, -0.2) is 4.39 Å². The molecule has 2 rings (SSSR count). The normalized spacial score (nSPS) is 17.2. The molecule has 0 saturated carbocycles. The SMILES string of the molecule is CC(C)[NH+]1CCN(C(=O)c2ccc(F)cc2)CC1. The first kappa shape index (κ1) is 13.0. The monoisotopic (exact) mass is 251 g/mol. The number of carbonyl (C=O) groups excluding carboxylic acids is 1. The van der Waals surface area contributed by atoms with E-state index in [1.54, 1.807) is 12.1 Å². The molecular weight excluding hydrogens is 231 g/mol. The number of hydrogen-bond acceptors (Lipinski definition) is 1. The summed E-state index contributed by atoms with van der Waals surface area (Å²) in [4.78, 5) is 15.6. The van der Waals surface area contributed by atoms with Crippen LogP contribution in [-0.2, 0) is 0 Å². The fourth-order valence-electron chi connectivity index (χ4n) is 2.35. The Morgan fingerprint density at radius 3 is 2.28 bits per heavy atom. The van der Waals surface area contributed by atoms with Crippen LogP contribution in [0.15, 0.2) is 24.3 Å². The van der Waals surface area contributed by atoms with Gasteiger partial charge >= 0.3 is 0 Å². The summed E-state index contributed by atoms with van der Waals surface area (Å²) in [6.07, 6.45) is 0. The Bertz CT molecular complexity index is 408. The molecule has 1 aromatic carbocycles. The number of rotatable bonds is 2. The van der Waals surface area contributed by atoms with Gasteiger partial charge in [0, 0.05) is 5.56 Å². The predicted octanol–water partition coefficient (Wildman–Crippen LogP) is 0.575. The summed E-state index contributed by atoms with van der Waals surface area (Å²) in [5.41, 5.74) is 0.574. The van der Waals surface area contributed by atoms with Crippen LogP contribution in [-0.4, -0.2) is 43.0 Å². The van der Waals surface area contributed by atoms with Gasteiger partial charge in [-0.15, -0.1) is 0 Å². The molecule has 0 bridgehead atoms. The van der Waals surface area contributed by atoms with Gasteiger partial charge in [0.05, 0.1) is 32.2 Å². The third kappa shape index (κ3) is 2.88. The molecule has 0 spiro atoms. The fourth-order valence-corrected chi connectivity index (χ4v) is 2.35. The standard InChI is InChI=1S/C14H19FN2O/c1-11(2)16-7-9-17(10-8-16)14(18)12-3-5-13(15)6-4-12/h3-6,11H,7-10H2,1-2H3/p+1. The van der Waals surface area contributed by atoms with E-state index in [1.807, 2.05) is 4.90 Å². The maximum Gasteiger partial charge on any atom is 0.254 e. The van der Waals surface area contributed by atoms with Crippen molar-refractivity contribution in [1.82, 2.24) is 4.90 Å². The maximum absolute atomic E-state index is 12.8. The Morgan fingerprint density at radius 1 is 1.22 bits per heavy atom. The summed E-state index contributed by atoms with van der Waals surface area (Å²) in [5, 5.41) is 0. The van der Waals surface area contributed by atoms with Crippen LogP contribution in [0, 0.1) is 5.82 Å². The van der Waals surface area contributed by atoms with Crippen LogP contribution in [0.1, 0.15) is 24.2 Å². The molecule has 4 heteroatoms. The van der Waals surface area contributed by atoms with Crippen molar-refractivity contribution in [2.24, 2.45) is 0 Å². The Labute approximate surface area is 107 Å². The van der Waals surface area contributed by atoms with E-state index in [0.29, 0.717) is 11.6 Å². The molecule has 1 aliphatic rings. The van der Waals surface area contributed by atoms with Gasteiger partial charge in [0.25, 0.3) is 5.91 Å². The van der Waals surface area contributed by atoms with E-state index in [2.05, 4.69) is 13.8 Å². The Hall–Kier alpha value is -1.42. The minimum Gasteiger partial charge on any atom is -0.330 e. The highest BCUT2D eigenvalue weighted by molar-refractivity contribution is 5.94. The summed E-state index contributed by atoms with van der Waals surface area (Å²) in [5.74, 6) is -0.293. The van der Waals surface area contributed by atoms with Crippen LogP contribution in [0.2, 0.25) is 0 Å². The van der Waals surface area contributed by atoms with Crippen molar-refractivity contribution in [2.75, 3.05) is 26.2 Å². The predicted molar refractivity (Wildman–Crippen MR) is 68.1 cm³/mol. The van der Waals surface area contributed by atoms with E-state index < -0.39 is 0 Å². The van der Waals surface area contributed by atoms with Gasteiger partial charge in [0.2, 0.25) is 0 Å². The number of nitrogens with zero attached hydrogens (tertiary/aromatic N) is 1. The molecule has 3 nitrogen and oxygen atoms in total.